The molecule has 0 aliphatic heterocycles. The second-order valence-electron chi connectivity index (χ2n) is 4.29. The first-order chi connectivity index (χ1) is 6.95. The van der Waals surface area contributed by atoms with Gasteiger partial charge in [-0.05, 0) is 27.2 Å². The third kappa shape index (κ3) is 3.43. The van der Waals surface area contributed by atoms with Gasteiger partial charge < -0.3 is 10.4 Å². The standard InChI is InChI=1S/C10H19N3OS/c1-5-6-8-11-9(15-13-8)12-10(3,4)7(2)14/h7,14H,5-6H2,1-4H3,(H,11,12,13). The third-order valence-electron chi connectivity index (χ3n) is 2.42. The Labute approximate surface area is 94.9 Å². The average molecular weight is 229 g/mol. The molecule has 1 aromatic heterocycles. The molecule has 4 nitrogen and oxygen atoms in total. The molecule has 0 aliphatic rings. The van der Waals surface area contributed by atoms with Crippen molar-refractivity contribution in [2.24, 2.45) is 0 Å². The van der Waals surface area contributed by atoms with E-state index in [1.54, 1.807) is 6.92 Å². The van der Waals surface area contributed by atoms with E-state index in [1.165, 1.54) is 11.5 Å². The first-order valence-electron chi connectivity index (χ1n) is 5.24. The number of aliphatic hydroxyl groups excluding tert-OH is 1. The van der Waals surface area contributed by atoms with Crippen LogP contribution in [0, 0.1) is 0 Å². The van der Waals surface area contributed by atoms with Crippen molar-refractivity contribution >= 4 is 16.7 Å². The summed E-state index contributed by atoms with van der Waals surface area (Å²) in [4.78, 5) is 4.35. The lowest BCUT2D eigenvalue weighted by Crippen LogP contribution is -2.41. The molecule has 1 atom stereocenters. The fourth-order valence-electron chi connectivity index (χ4n) is 1.01. The third-order valence-corrected chi connectivity index (χ3v) is 3.08. The minimum Gasteiger partial charge on any atom is -0.391 e. The van der Waals surface area contributed by atoms with Crippen LogP contribution in [0.1, 0.15) is 39.9 Å². The molecule has 1 aromatic rings. The van der Waals surface area contributed by atoms with Crippen LogP contribution in [0.25, 0.3) is 0 Å². The van der Waals surface area contributed by atoms with Gasteiger partial charge >= 0.3 is 0 Å². The Hall–Kier alpha value is -0.680. The Morgan fingerprint density at radius 3 is 2.73 bits per heavy atom. The molecule has 0 aromatic carbocycles. The highest BCUT2D eigenvalue weighted by Crippen LogP contribution is 2.20. The molecule has 0 bridgehead atoms. The number of nitrogens with one attached hydrogen (secondary N) is 1. The molecule has 1 unspecified atom stereocenters. The summed E-state index contributed by atoms with van der Waals surface area (Å²) in [5, 5.41) is 13.5. The lowest BCUT2D eigenvalue weighted by molar-refractivity contribution is 0.133. The summed E-state index contributed by atoms with van der Waals surface area (Å²) in [6.45, 7) is 7.76. The number of nitrogens with zero attached hydrogens (tertiary/aromatic N) is 2. The SMILES string of the molecule is CCCc1nsc(NC(C)(C)C(C)O)n1. The van der Waals surface area contributed by atoms with Crippen molar-refractivity contribution in [3.05, 3.63) is 5.82 Å². The predicted molar refractivity (Wildman–Crippen MR) is 63.3 cm³/mol. The van der Waals surface area contributed by atoms with E-state index >= 15 is 0 Å². The van der Waals surface area contributed by atoms with Crippen LogP contribution in [0.2, 0.25) is 0 Å². The molecule has 0 radical (unpaired) electrons. The molecule has 1 rings (SSSR count). The molecule has 0 saturated heterocycles. The number of aryl methyl sites for hydroxylation is 1. The van der Waals surface area contributed by atoms with Crippen molar-refractivity contribution in [1.82, 2.24) is 9.36 Å². The van der Waals surface area contributed by atoms with E-state index < -0.39 is 6.10 Å². The predicted octanol–water partition coefficient (Wildman–Crippen LogP) is 2.06. The van der Waals surface area contributed by atoms with Gasteiger partial charge in [-0.25, -0.2) is 4.98 Å². The smallest absolute Gasteiger partial charge is 0.203 e. The maximum atomic E-state index is 9.55. The van der Waals surface area contributed by atoms with Crippen LogP contribution in [0.5, 0.6) is 0 Å². The highest BCUT2D eigenvalue weighted by Gasteiger charge is 2.24. The maximum Gasteiger partial charge on any atom is 0.203 e. The highest BCUT2D eigenvalue weighted by atomic mass is 32.1. The molecule has 5 heteroatoms. The van der Waals surface area contributed by atoms with Crippen LogP contribution in [0.4, 0.5) is 5.13 Å². The molecule has 0 spiro atoms. The van der Waals surface area contributed by atoms with Gasteiger partial charge in [-0.1, -0.05) is 6.92 Å². The van der Waals surface area contributed by atoms with Crippen molar-refractivity contribution in [2.45, 2.75) is 52.2 Å². The van der Waals surface area contributed by atoms with Gasteiger partial charge in [-0.2, -0.15) is 4.37 Å². The summed E-state index contributed by atoms with van der Waals surface area (Å²) in [5.41, 5.74) is -0.372. The Bertz CT molecular complexity index is 309. The van der Waals surface area contributed by atoms with Crippen molar-refractivity contribution in [2.75, 3.05) is 5.32 Å². The molecule has 0 amide bonds. The highest BCUT2D eigenvalue weighted by molar-refractivity contribution is 7.09. The van der Waals surface area contributed by atoms with Crippen molar-refractivity contribution < 1.29 is 5.11 Å². The second-order valence-corrected chi connectivity index (χ2v) is 5.04. The molecule has 0 aliphatic carbocycles. The van der Waals surface area contributed by atoms with Gasteiger partial charge in [-0.3, -0.25) is 0 Å². The van der Waals surface area contributed by atoms with E-state index in [0.717, 1.165) is 23.8 Å². The molecular weight excluding hydrogens is 210 g/mol. The normalized spacial score (nSPS) is 13.9. The molecule has 15 heavy (non-hydrogen) atoms. The summed E-state index contributed by atoms with van der Waals surface area (Å²) in [5.74, 6) is 0.881. The molecule has 2 N–H and O–H groups in total. The van der Waals surface area contributed by atoms with Crippen LogP contribution in [-0.2, 0) is 6.42 Å². The average Bonchev–Trinajstić information content (AvgIpc) is 2.52. The summed E-state index contributed by atoms with van der Waals surface area (Å²) in [7, 11) is 0. The Balaban J connectivity index is 2.64. The van der Waals surface area contributed by atoms with Crippen LogP contribution in [0.3, 0.4) is 0 Å². The fourth-order valence-corrected chi connectivity index (χ4v) is 1.79. The first-order valence-corrected chi connectivity index (χ1v) is 6.02. The zero-order valence-electron chi connectivity index (χ0n) is 9.74. The number of aromatic nitrogens is 2. The first kappa shape index (κ1) is 12.4. The monoisotopic (exact) mass is 229 g/mol. The zero-order valence-corrected chi connectivity index (χ0v) is 10.6. The van der Waals surface area contributed by atoms with E-state index in [-0.39, 0.29) is 5.54 Å². The molecule has 0 fully saturated rings. The van der Waals surface area contributed by atoms with E-state index in [1.807, 2.05) is 13.8 Å². The van der Waals surface area contributed by atoms with Gasteiger partial charge in [0.1, 0.15) is 5.82 Å². The van der Waals surface area contributed by atoms with E-state index in [9.17, 15) is 5.11 Å². The molecule has 86 valence electrons. The van der Waals surface area contributed by atoms with E-state index in [0.29, 0.717) is 0 Å². The van der Waals surface area contributed by atoms with E-state index in [4.69, 9.17) is 0 Å². The number of hydrogen-bond acceptors (Lipinski definition) is 5. The maximum absolute atomic E-state index is 9.55. The van der Waals surface area contributed by atoms with E-state index in [2.05, 4.69) is 21.6 Å². The number of rotatable bonds is 5. The molecule has 1 heterocycles. The van der Waals surface area contributed by atoms with Crippen LogP contribution in [0.15, 0.2) is 0 Å². The van der Waals surface area contributed by atoms with Crippen LogP contribution in [-0.4, -0.2) is 26.1 Å². The van der Waals surface area contributed by atoms with Crippen molar-refractivity contribution in [3.8, 4) is 0 Å². The summed E-state index contributed by atoms with van der Waals surface area (Å²) in [6.07, 6.45) is 1.53. The summed E-state index contributed by atoms with van der Waals surface area (Å²) in [6, 6.07) is 0. The summed E-state index contributed by atoms with van der Waals surface area (Å²) >= 11 is 1.35. The minimum atomic E-state index is -0.434. The Morgan fingerprint density at radius 1 is 1.53 bits per heavy atom. The topological polar surface area (TPSA) is 58.0 Å². The second kappa shape index (κ2) is 4.90. The largest absolute Gasteiger partial charge is 0.391 e. The minimum absolute atomic E-state index is 0.372. The summed E-state index contributed by atoms with van der Waals surface area (Å²) < 4.78 is 4.24. The van der Waals surface area contributed by atoms with Crippen molar-refractivity contribution in [1.29, 1.82) is 0 Å². The van der Waals surface area contributed by atoms with Crippen LogP contribution >= 0.6 is 11.5 Å². The van der Waals surface area contributed by atoms with Gasteiger partial charge in [0.05, 0.1) is 11.6 Å². The zero-order chi connectivity index (χ0) is 11.5. The number of anilines is 1. The Kier molecular flexibility index (Phi) is 4.04. The Morgan fingerprint density at radius 2 is 2.20 bits per heavy atom. The van der Waals surface area contributed by atoms with Crippen LogP contribution < -0.4 is 5.32 Å². The molecular formula is C10H19N3OS. The van der Waals surface area contributed by atoms with Gasteiger partial charge in [-0.15, -0.1) is 0 Å². The lowest BCUT2D eigenvalue weighted by Gasteiger charge is -2.28. The van der Waals surface area contributed by atoms with Crippen molar-refractivity contribution in [3.63, 3.8) is 0 Å². The number of aliphatic hydroxyl groups is 1. The number of hydrogen-bond donors (Lipinski definition) is 2. The lowest BCUT2D eigenvalue weighted by atomic mass is 9.99. The van der Waals surface area contributed by atoms with Gasteiger partial charge in [0, 0.05) is 18.0 Å². The van der Waals surface area contributed by atoms with Gasteiger partial charge in [0.25, 0.3) is 0 Å². The van der Waals surface area contributed by atoms with Gasteiger partial charge in [0.15, 0.2) is 0 Å². The molecule has 0 saturated carbocycles. The fraction of sp³-hybridized carbons (Fsp3) is 0.800. The quantitative estimate of drug-likeness (QED) is 0.811. The van der Waals surface area contributed by atoms with Gasteiger partial charge in [0.2, 0.25) is 5.13 Å².